The first kappa shape index (κ1) is 22.6. The van der Waals surface area contributed by atoms with Crippen LogP contribution < -0.4 is 15.4 Å². The summed E-state index contributed by atoms with van der Waals surface area (Å²) in [5, 5.41) is 5.15. The van der Waals surface area contributed by atoms with E-state index in [2.05, 4.69) is 10.6 Å². The van der Waals surface area contributed by atoms with Crippen molar-refractivity contribution in [3.8, 4) is 5.75 Å². The summed E-state index contributed by atoms with van der Waals surface area (Å²) in [6.07, 6.45) is 1.16. The fourth-order valence-corrected chi connectivity index (χ4v) is 2.55. The van der Waals surface area contributed by atoms with Crippen molar-refractivity contribution in [1.82, 2.24) is 5.32 Å². The van der Waals surface area contributed by atoms with Gasteiger partial charge in [-0.05, 0) is 42.8 Å². The Kier molecular flexibility index (Phi) is 8.56. The third-order valence-electron chi connectivity index (χ3n) is 4.08. The number of Topliss-reactive ketones (excluding diaryl/α,β-unsaturated/α-hetero) is 1. The van der Waals surface area contributed by atoms with Gasteiger partial charge in [-0.3, -0.25) is 19.2 Å². The molecule has 158 valence electrons. The summed E-state index contributed by atoms with van der Waals surface area (Å²) < 4.78 is 10.0. The van der Waals surface area contributed by atoms with Crippen LogP contribution in [-0.4, -0.2) is 43.8 Å². The molecule has 0 aliphatic carbocycles. The fraction of sp³-hybridized carbons (Fsp3) is 0.273. The van der Waals surface area contributed by atoms with E-state index >= 15 is 0 Å². The van der Waals surface area contributed by atoms with Crippen molar-refractivity contribution in [2.75, 3.05) is 25.6 Å². The SMILES string of the molecule is CCCC(=O)Nc1ccc(C(=O)COC(=O)CNC(=O)c2ccccc2OC)cc1. The van der Waals surface area contributed by atoms with Gasteiger partial charge in [-0.25, -0.2) is 0 Å². The molecule has 0 unspecified atom stereocenters. The van der Waals surface area contributed by atoms with Crippen molar-refractivity contribution in [2.24, 2.45) is 0 Å². The molecule has 0 aromatic heterocycles. The number of amides is 2. The highest BCUT2D eigenvalue weighted by Gasteiger charge is 2.14. The zero-order valence-electron chi connectivity index (χ0n) is 16.9. The van der Waals surface area contributed by atoms with E-state index in [0.717, 1.165) is 6.42 Å². The van der Waals surface area contributed by atoms with E-state index in [-0.39, 0.29) is 18.0 Å². The Labute approximate surface area is 174 Å². The first-order valence-corrected chi connectivity index (χ1v) is 9.44. The van der Waals surface area contributed by atoms with Crippen LogP contribution in [0.15, 0.2) is 48.5 Å². The second-order valence-corrected chi connectivity index (χ2v) is 6.34. The molecule has 0 heterocycles. The van der Waals surface area contributed by atoms with E-state index in [1.54, 1.807) is 48.5 Å². The molecule has 8 heteroatoms. The van der Waals surface area contributed by atoms with Crippen molar-refractivity contribution in [3.05, 3.63) is 59.7 Å². The standard InChI is InChI=1S/C22H24N2O6/c1-3-6-20(26)24-16-11-9-15(10-12-16)18(25)14-30-21(27)13-23-22(28)17-7-4-5-8-19(17)29-2/h4-5,7-12H,3,6,13-14H2,1-2H3,(H,23,28)(H,24,26). The van der Waals surface area contributed by atoms with Gasteiger partial charge in [-0.15, -0.1) is 0 Å². The summed E-state index contributed by atoms with van der Waals surface area (Å²) in [7, 11) is 1.44. The third kappa shape index (κ3) is 6.73. The highest BCUT2D eigenvalue weighted by Crippen LogP contribution is 2.16. The van der Waals surface area contributed by atoms with E-state index < -0.39 is 24.3 Å². The maximum atomic E-state index is 12.2. The minimum Gasteiger partial charge on any atom is -0.496 e. The molecule has 2 aromatic rings. The van der Waals surface area contributed by atoms with Gasteiger partial charge in [0.25, 0.3) is 5.91 Å². The lowest BCUT2D eigenvalue weighted by Crippen LogP contribution is -2.31. The molecule has 0 saturated heterocycles. The molecule has 2 amide bonds. The minimum absolute atomic E-state index is 0.0966. The Bertz CT molecular complexity index is 908. The lowest BCUT2D eigenvalue weighted by molar-refractivity contribution is -0.141. The second-order valence-electron chi connectivity index (χ2n) is 6.34. The number of ketones is 1. The predicted molar refractivity (Wildman–Crippen MR) is 111 cm³/mol. The molecule has 0 spiro atoms. The van der Waals surface area contributed by atoms with Gasteiger partial charge in [0, 0.05) is 17.7 Å². The highest BCUT2D eigenvalue weighted by molar-refractivity contribution is 6.00. The normalized spacial score (nSPS) is 10.1. The third-order valence-corrected chi connectivity index (χ3v) is 4.08. The Morgan fingerprint density at radius 1 is 0.967 bits per heavy atom. The van der Waals surface area contributed by atoms with Crippen molar-refractivity contribution >= 4 is 29.3 Å². The molecule has 2 N–H and O–H groups in total. The fourth-order valence-electron chi connectivity index (χ4n) is 2.55. The number of benzene rings is 2. The maximum absolute atomic E-state index is 12.2. The zero-order valence-corrected chi connectivity index (χ0v) is 16.9. The number of hydrogen-bond donors (Lipinski definition) is 2. The number of carbonyl (C=O) groups is 4. The van der Waals surface area contributed by atoms with E-state index in [0.29, 0.717) is 23.4 Å². The zero-order chi connectivity index (χ0) is 21.9. The van der Waals surface area contributed by atoms with Gasteiger partial charge < -0.3 is 20.1 Å². The van der Waals surface area contributed by atoms with Crippen LogP contribution in [0.4, 0.5) is 5.69 Å². The number of rotatable bonds is 10. The predicted octanol–water partition coefficient (Wildman–Crippen LogP) is 2.59. The van der Waals surface area contributed by atoms with Gasteiger partial charge in [0.05, 0.1) is 12.7 Å². The lowest BCUT2D eigenvalue weighted by atomic mass is 10.1. The van der Waals surface area contributed by atoms with Crippen LogP contribution in [0.3, 0.4) is 0 Å². The average Bonchev–Trinajstić information content (AvgIpc) is 2.76. The molecule has 0 saturated carbocycles. The molecule has 0 radical (unpaired) electrons. The molecule has 0 atom stereocenters. The van der Waals surface area contributed by atoms with E-state index in [4.69, 9.17) is 9.47 Å². The van der Waals surface area contributed by atoms with Gasteiger partial charge in [-0.2, -0.15) is 0 Å². The quantitative estimate of drug-likeness (QED) is 0.458. The summed E-state index contributed by atoms with van der Waals surface area (Å²) >= 11 is 0. The summed E-state index contributed by atoms with van der Waals surface area (Å²) in [6.45, 7) is 1.07. The number of esters is 1. The number of carbonyl (C=O) groups excluding carboxylic acids is 4. The van der Waals surface area contributed by atoms with E-state index in [9.17, 15) is 19.2 Å². The molecule has 0 fully saturated rings. The van der Waals surface area contributed by atoms with Crippen molar-refractivity contribution in [1.29, 1.82) is 0 Å². The molecule has 2 rings (SSSR count). The van der Waals surface area contributed by atoms with Crippen molar-refractivity contribution in [3.63, 3.8) is 0 Å². The minimum atomic E-state index is -0.741. The van der Waals surface area contributed by atoms with Crippen LogP contribution in [0.25, 0.3) is 0 Å². The van der Waals surface area contributed by atoms with Crippen LogP contribution in [0, 0.1) is 0 Å². The molecule has 0 aliphatic heterocycles. The maximum Gasteiger partial charge on any atom is 0.325 e. The largest absolute Gasteiger partial charge is 0.496 e. The topological polar surface area (TPSA) is 111 Å². The number of methoxy groups -OCH3 is 1. The van der Waals surface area contributed by atoms with Gasteiger partial charge in [0.2, 0.25) is 5.91 Å². The molecular weight excluding hydrogens is 388 g/mol. The number of para-hydroxylation sites is 1. The number of ether oxygens (including phenoxy) is 2. The van der Waals surface area contributed by atoms with Crippen LogP contribution >= 0.6 is 0 Å². The summed E-state index contributed by atoms with van der Waals surface area (Å²) in [4.78, 5) is 47.7. The second kappa shape index (κ2) is 11.4. The van der Waals surface area contributed by atoms with Gasteiger partial charge in [-0.1, -0.05) is 19.1 Å². The number of hydrogen-bond acceptors (Lipinski definition) is 6. The van der Waals surface area contributed by atoms with Crippen LogP contribution in [0.5, 0.6) is 5.75 Å². The molecule has 0 bridgehead atoms. The molecule has 8 nitrogen and oxygen atoms in total. The molecule has 2 aromatic carbocycles. The molecule has 30 heavy (non-hydrogen) atoms. The molecule has 0 aliphatic rings. The van der Waals surface area contributed by atoms with Crippen LogP contribution in [0.2, 0.25) is 0 Å². The lowest BCUT2D eigenvalue weighted by Gasteiger charge is -2.09. The van der Waals surface area contributed by atoms with E-state index in [1.807, 2.05) is 6.92 Å². The highest BCUT2D eigenvalue weighted by atomic mass is 16.5. The van der Waals surface area contributed by atoms with E-state index in [1.165, 1.54) is 7.11 Å². The van der Waals surface area contributed by atoms with Gasteiger partial charge in [0.1, 0.15) is 12.3 Å². The van der Waals surface area contributed by atoms with Crippen LogP contribution in [-0.2, 0) is 14.3 Å². The molecular formula is C22H24N2O6. The van der Waals surface area contributed by atoms with Gasteiger partial charge >= 0.3 is 5.97 Å². The summed E-state index contributed by atoms with van der Waals surface area (Å²) in [5.74, 6) is -1.34. The van der Waals surface area contributed by atoms with Crippen LogP contribution in [0.1, 0.15) is 40.5 Å². The number of nitrogens with one attached hydrogen (secondary N) is 2. The first-order chi connectivity index (χ1) is 14.4. The smallest absolute Gasteiger partial charge is 0.325 e. The Balaban J connectivity index is 1.79. The van der Waals surface area contributed by atoms with Gasteiger partial charge in [0.15, 0.2) is 12.4 Å². The summed E-state index contributed by atoms with van der Waals surface area (Å²) in [5.41, 5.74) is 1.21. The summed E-state index contributed by atoms with van der Waals surface area (Å²) in [6, 6.07) is 12.9. The van der Waals surface area contributed by atoms with Crippen molar-refractivity contribution < 1.29 is 28.7 Å². The monoisotopic (exact) mass is 412 g/mol. The average molecular weight is 412 g/mol. The Hall–Kier alpha value is -3.68. The first-order valence-electron chi connectivity index (χ1n) is 9.44. The number of anilines is 1. The Morgan fingerprint density at radius 3 is 2.33 bits per heavy atom. The van der Waals surface area contributed by atoms with Crippen molar-refractivity contribution in [2.45, 2.75) is 19.8 Å². The Morgan fingerprint density at radius 2 is 1.67 bits per heavy atom.